The molecule has 8 heteroatoms. The first-order chi connectivity index (χ1) is 5.02. The van der Waals surface area contributed by atoms with E-state index in [4.69, 9.17) is 13.3 Å². The summed E-state index contributed by atoms with van der Waals surface area (Å²) >= 11 is -2.86. The predicted octanol–water partition coefficient (Wildman–Crippen LogP) is -4.03. The normalized spacial score (nSPS) is 15.5. The summed E-state index contributed by atoms with van der Waals surface area (Å²) < 4.78 is 28.1. The molecule has 1 N–H and O–H groups in total. The van der Waals surface area contributed by atoms with Gasteiger partial charge in [0.25, 0.3) is 0 Å². The van der Waals surface area contributed by atoms with E-state index in [0.29, 0.717) is 0 Å². The minimum Gasteiger partial charge on any atom is -0.750 e. The molecule has 6 nitrogen and oxygen atoms in total. The third kappa shape index (κ3) is 9.95. The smallest absolute Gasteiger partial charge is 0.750 e. The van der Waals surface area contributed by atoms with Crippen LogP contribution in [0.5, 0.6) is 0 Å². The van der Waals surface area contributed by atoms with Crippen molar-refractivity contribution < 1.29 is 57.2 Å². The minimum absolute atomic E-state index is 0. The molecule has 0 bridgehead atoms. The van der Waals surface area contributed by atoms with Gasteiger partial charge in [-0.1, -0.05) is 0 Å². The van der Waals surface area contributed by atoms with Crippen LogP contribution in [-0.2, 0) is 25.7 Å². The number of carbonyl (C=O) groups is 2. The molecule has 0 spiro atoms. The van der Waals surface area contributed by atoms with Crippen molar-refractivity contribution in [2.45, 2.75) is 0 Å². The van der Waals surface area contributed by atoms with Crippen LogP contribution in [0.1, 0.15) is 0 Å². The van der Waals surface area contributed by atoms with E-state index in [1.165, 1.54) is 0 Å². The Kier molecular flexibility index (Phi) is 9.16. The standard InChI is InChI=1S/C4H2O3.Na.H2O3S/c5-3-1-2-4(6)7-3;;1-4(2)3/h1-2H;;(H2,1,2,3)/q;+1;/p-1. The molecule has 0 aliphatic carbocycles. The average Bonchev–Trinajstić information content (AvgIpc) is 2.13. The van der Waals surface area contributed by atoms with Crippen molar-refractivity contribution in [3.05, 3.63) is 12.2 Å². The van der Waals surface area contributed by atoms with Gasteiger partial charge in [0.15, 0.2) is 0 Å². The van der Waals surface area contributed by atoms with Crippen LogP contribution in [0.3, 0.4) is 0 Å². The van der Waals surface area contributed by atoms with Crippen molar-refractivity contribution in [2.24, 2.45) is 0 Å². The largest absolute Gasteiger partial charge is 1.00 e. The molecule has 0 saturated heterocycles. The van der Waals surface area contributed by atoms with Crippen molar-refractivity contribution in [3.63, 3.8) is 0 Å². The molecular weight excluding hydrogens is 199 g/mol. The van der Waals surface area contributed by atoms with Crippen molar-refractivity contribution >= 4 is 23.3 Å². The van der Waals surface area contributed by atoms with Gasteiger partial charge in [-0.15, -0.1) is 0 Å². The predicted molar refractivity (Wildman–Crippen MR) is 31.8 cm³/mol. The summed E-state index contributed by atoms with van der Waals surface area (Å²) in [6, 6.07) is 0. The van der Waals surface area contributed by atoms with Gasteiger partial charge in [-0.3, -0.25) is 0 Å². The van der Waals surface area contributed by atoms with E-state index in [2.05, 4.69) is 4.74 Å². The molecule has 62 valence electrons. The molecule has 0 saturated carbocycles. The van der Waals surface area contributed by atoms with Gasteiger partial charge in [-0.05, 0) is 0 Å². The van der Waals surface area contributed by atoms with Crippen LogP contribution >= 0.6 is 0 Å². The summed E-state index contributed by atoms with van der Waals surface area (Å²) in [6.07, 6.45) is 2.17. The Morgan fingerprint density at radius 3 is 1.67 bits per heavy atom. The molecule has 1 aliphatic rings. The minimum atomic E-state index is -2.86. The molecule has 1 unspecified atom stereocenters. The van der Waals surface area contributed by atoms with E-state index in [1.807, 2.05) is 0 Å². The van der Waals surface area contributed by atoms with E-state index in [-0.39, 0.29) is 29.6 Å². The van der Waals surface area contributed by atoms with Crippen molar-refractivity contribution in [1.82, 2.24) is 0 Å². The fraction of sp³-hybridized carbons (Fsp3) is 0. The first kappa shape index (κ1) is 14.5. The number of hydrogen-bond acceptors (Lipinski definition) is 5. The number of ether oxygens (including phenoxy) is 1. The average molecular weight is 202 g/mol. The second-order valence-electron chi connectivity index (χ2n) is 1.29. The van der Waals surface area contributed by atoms with Gasteiger partial charge in [0.2, 0.25) is 0 Å². The number of rotatable bonds is 0. The van der Waals surface area contributed by atoms with E-state index in [9.17, 15) is 9.59 Å². The van der Waals surface area contributed by atoms with Crippen molar-refractivity contribution in [3.8, 4) is 0 Å². The Morgan fingerprint density at radius 2 is 1.58 bits per heavy atom. The molecule has 1 aliphatic heterocycles. The third-order valence-corrected chi connectivity index (χ3v) is 0.557. The summed E-state index contributed by atoms with van der Waals surface area (Å²) in [6.45, 7) is 0. The summed E-state index contributed by atoms with van der Waals surface area (Å²) in [5.41, 5.74) is 0. The van der Waals surface area contributed by atoms with Crippen LogP contribution in [-0.4, -0.2) is 25.3 Å². The van der Waals surface area contributed by atoms with Gasteiger partial charge in [0, 0.05) is 12.2 Å². The van der Waals surface area contributed by atoms with Gasteiger partial charge in [0.05, 0.1) is 11.4 Å². The summed E-state index contributed by atoms with van der Waals surface area (Å²) in [4.78, 5) is 19.8. The summed E-state index contributed by atoms with van der Waals surface area (Å²) in [7, 11) is 0. The van der Waals surface area contributed by atoms with Crippen LogP contribution in [0.2, 0.25) is 0 Å². The number of hydrogen-bond donors (Lipinski definition) is 1. The summed E-state index contributed by atoms with van der Waals surface area (Å²) in [5.74, 6) is -1.16. The second-order valence-corrected chi connectivity index (χ2v) is 1.72. The molecule has 0 amide bonds. The zero-order valence-corrected chi connectivity index (χ0v) is 8.87. The van der Waals surface area contributed by atoms with Gasteiger partial charge in [-0.2, -0.15) is 0 Å². The molecule has 12 heavy (non-hydrogen) atoms. The van der Waals surface area contributed by atoms with E-state index in [0.717, 1.165) is 12.2 Å². The van der Waals surface area contributed by atoms with E-state index < -0.39 is 23.3 Å². The van der Waals surface area contributed by atoms with Gasteiger partial charge >= 0.3 is 41.5 Å². The molecule has 0 fully saturated rings. The SMILES string of the molecule is O=C1C=CC(=O)O1.O=S([O-])O.[Na+]. The fourth-order valence-electron chi connectivity index (χ4n) is 0.303. The van der Waals surface area contributed by atoms with Crippen LogP contribution < -0.4 is 29.6 Å². The Balaban J connectivity index is 0. The van der Waals surface area contributed by atoms with Crippen LogP contribution in [0.15, 0.2) is 12.2 Å². The molecule has 1 atom stereocenters. The van der Waals surface area contributed by atoms with E-state index >= 15 is 0 Å². The molecule has 0 aromatic rings. The van der Waals surface area contributed by atoms with E-state index in [1.54, 1.807) is 0 Å². The van der Waals surface area contributed by atoms with Gasteiger partial charge in [0.1, 0.15) is 0 Å². The number of esters is 2. The molecule has 0 aromatic carbocycles. The van der Waals surface area contributed by atoms with Crippen LogP contribution in [0.4, 0.5) is 0 Å². The topological polar surface area (TPSA) is 104 Å². The van der Waals surface area contributed by atoms with Crippen molar-refractivity contribution in [1.29, 1.82) is 0 Å². The summed E-state index contributed by atoms with van der Waals surface area (Å²) in [5, 5.41) is 0. The molecule has 0 radical (unpaired) electrons. The second kappa shape index (κ2) is 7.59. The third-order valence-electron chi connectivity index (χ3n) is 0.557. The Morgan fingerprint density at radius 1 is 1.33 bits per heavy atom. The maximum absolute atomic E-state index is 9.92. The Labute approximate surface area is 92.4 Å². The maximum atomic E-state index is 9.92. The first-order valence-corrected chi connectivity index (χ1v) is 3.27. The zero-order chi connectivity index (χ0) is 8.85. The fourth-order valence-corrected chi connectivity index (χ4v) is 0.303. The molecule has 0 aromatic heterocycles. The monoisotopic (exact) mass is 202 g/mol. The van der Waals surface area contributed by atoms with Crippen LogP contribution in [0.25, 0.3) is 0 Å². The Bertz CT molecular complexity index is 204. The first-order valence-electron chi connectivity index (χ1n) is 2.24. The maximum Gasteiger partial charge on any atom is 1.00 e. The van der Waals surface area contributed by atoms with Crippen molar-refractivity contribution in [2.75, 3.05) is 0 Å². The van der Waals surface area contributed by atoms with Gasteiger partial charge in [-0.25, -0.2) is 13.8 Å². The zero-order valence-electron chi connectivity index (χ0n) is 6.05. The number of cyclic esters (lactones) is 2. The quantitative estimate of drug-likeness (QED) is 0.186. The van der Waals surface area contributed by atoms with Gasteiger partial charge < -0.3 is 13.8 Å². The molecule has 1 rings (SSSR count). The van der Waals surface area contributed by atoms with Crippen LogP contribution in [0, 0.1) is 0 Å². The Hall–Kier alpha value is -0.0500. The molecular formula is C4H3NaO6S. The number of carbonyl (C=O) groups excluding carboxylic acids is 2. The molecule has 1 heterocycles.